The molecule has 3 aromatic carbocycles. The zero-order valence-corrected chi connectivity index (χ0v) is 39.1. The Morgan fingerprint density at radius 1 is 0.800 bits per heavy atom. The molecule has 0 spiro atoms. The van der Waals surface area contributed by atoms with Crippen LogP contribution >= 0.6 is 0 Å². The van der Waals surface area contributed by atoms with Crippen LogP contribution in [0.5, 0.6) is 5.75 Å². The van der Waals surface area contributed by atoms with Crippen LogP contribution in [0.2, 0.25) is 0 Å². The van der Waals surface area contributed by atoms with E-state index in [2.05, 4.69) is 46.3 Å². The zero-order chi connectivity index (χ0) is 48.3. The molecule has 6 aromatic rings. The minimum Gasteiger partial charge on any atom is -0.490 e. The summed E-state index contributed by atoms with van der Waals surface area (Å²) in [5.74, 6) is 1.35. The van der Waals surface area contributed by atoms with E-state index in [4.69, 9.17) is 4.74 Å². The van der Waals surface area contributed by atoms with E-state index in [1.54, 1.807) is 36.7 Å². The van der Waals surface area contributed by atoms with Crippen LogP contribution in [0, 0.1) is 30.1 Å². The van der Waals surface area contributed by atoms with Gasteiger partial charge in [-0.2, -0.15) is 15.5 Å². The summed E-state index contributed by atoms with van der Waals surface area (Å²) in [5, 5.41) is 22.0. The molecule has 358 valence electrons. The van der Waals surface area contributed by atoms with E-state index >= 15 is 0 Å². The third-order valence-corrected chi connectivity index (χ3v) is 14.0. The number of fused-ring (bicyclic) bond motifs is 1. The quantitative estimate of drug-likeness (QED) is 0.164. The number of ether oxygens (including phenoxy) is 1. The van der Waals surface area contributed by atoms with Crippen molar-refractivity contribution in [1.29, 1.82) is 5.26 Å². The van der Waals surface area contributed by atoms with Crippen molar-refractivity contribution in [3.8, 4) is 34.5 Å². The third kappa shape index (κ3) is 10.2. The molecular formula is C52H54N12O6. The molecule has 3 amide bonds. The molecule has 4 fully saturated rings. The molecule has 70 heavy (non-hydrogen) atoms. The second-order valence-electron chi connectivity index (χ2n) is 18.9. The zero-order valence-electron chi connectivity index (χ0n) is 39.1. The maximum absolute atomic E-state index is 13.4. The second-order valence-corrected chi connectivity index (χ2v) is 18.9. The van der Waals surface area contributed by atoms with Gasteiger partial charge >= 0.3 is 0 Å². The number of aromatic nitrogens is 6. The Balaban J connectivity index is 0.630. The van der Waals surface area contributed by atoms with Crippen LogP contribution in [0.1, 0.15) is 48.5 Å². The van der Waals surface area contributed by atoms with Gasteiger partial charge in [0.05, 0.1) is 60.5 Å². The molecule has 4 saturated heterocycles. The highest BCUT2D eigenvalue weighted by atomic mass is 16.5. The first-order chi connectivity index (χ1) is 34.0. The molecule has 1 unspecified atom stereocenters. The molecule has 4 aliphatic heterocycles. The van der Waals surface area contributed by atoms with Crippen LogP contribution in [0.3, 0.4) is 0 Å². The highest BCUT2D eigenvalue weighted by molar-refractivity contribution is 5.99. The number of carbonyl (C=O) groups excluding carboxylic acids is 3. The lowest BCUT2D eigenvalue weighted by atomic mass is 9.97. The standard InChI is InChI=1S/C52H54N12O6/c1-34-44-24-41(8-9-43(44)52(69)64(57-34)46-11-12-47(65)56-51(46)68)61-20-18-59(19-21-61)28-38-29-60(30-38)32-49(67)62-16-14-35(15-17-62)33-70-42-26-54-50(55-27-42)40-7-3-5-37(23-40)31-63-48(66)13-10-45(58-63)39-6-2-4-36(22-39)25-53/h2-10,13,22-24,26-27,35,38,46H,11-12,14-21,28-33H2,1H3,(H,56,65,68). The highest BCUT2D eigenvalue weighted by Crippen LogP contribution is 2.27. The number of nitrogens with one attached hydrogen (secondary N) is 1. The summed E-state index contributed by atoms with van der Waals surface area (Å²) in [4.78, 5) is 81.8. The molecule has 1 atom stereocenters. The molecule has 4 aliphatic rings. The summed E-state index contributed by atoms with van der Waals surface area (Å²) >= 11 is 0. The average molecular weight is 943 g/mol. The Kier molecular flexibility index (Phi) is 13.3. The Hall–Kier alpha value is -7.62. The molecule has 7 heterocycles. The summed E-state index contributed by atoms with van der Waals surface area (Å²) in [6.07, 6.45) is 5.54. The van der Waals surface area contributed by atoms with Crippen molar-refractivity contribution >= 4 is 34.2 Å². The van der Waals surface area contributed by atoms with E-state index < -0.39 is 11.9 Å². The lowest BCUT2D eigenvalue weighted by Gasteiger charge is -2.44. The normalized spacial score (nSPS) is 18.4. The number of carbonyl (C=O) groups is 3. The summed E-state index contributed by atoms with van der Waals surface area (Å²) in [7, 11) is 0. The first-order valence-corrected chi connectivity index (χ1v) is 24.0. The summed E-state index contributed by atoms with van der Waals surface area (Å²) in [6, 6.07) is 25.1. The topological polar surface area (TPSA) is 205 Å². The van der Waals surface area contributed by atoms with Gasteiger partial charge in [-0.3, -0.25) is 39.1 Å². The molecule has 3 aromatic heterocycles. The SMILES string of the molecule is Cc1nn(C2CCC(=O)NC2=O)c(=O)c2ccc(N3CCN(CC4CN(CC(=O)N5CCC(COc6cnc(-c7cccc(Cn8nc(-c9cccc(C#N)c9)ccc8=O)c7)nc6)CC5)C4)CC3)cc12. The van der Waals surface area contributed by atoms with Crippen molar-refractivity contribution < 1.29 is 19.1 Å². The summed E-state index contributed by atoms with van der Waals surface area (Å²) in [5.41, 5.74) is 4.69. The number of hydrogen-bond acceptors (Lipinski definition) is 14. The number of hydrogen-bond donors (Lipinski definition) is 1. The molecule has 0 aliphatic carbocycles. The van der Waals surface area contributed by atoms with Crippen molar-refractivity contribution in [2.45, 2.75) is 45.2 Å². The van der Waals surface area contributed by atoms with Gasteiger partial charge in [-0.25, -0.2) is 19.3 Å². The van der Waals surface area contributed by atoms with Crippen molar-refractivity contribution in [3.05, 3.63) is 129 Å². The van der Waals surface area contributed by atoms with E-state index in [0.717, 1.165) is 86.4 Å². The number of imide groups is 1. The number of nitriles is 1. The summed E-state index contributed by atoms with van der Waals surface area (Å²) in [6.45, 7) is 10.9. The summed E-state index contributed by atoms with van der Waals surface area (Å²) < 4.78 is 8.75. The fraction of sp³-hybridized carbons (Fsp3) is 0.385. The number of benzene rings is 3. The maximum atomic E-state index is 13.4. The second kappa shape index (κ2) is 20.2. The lowest BCUT2D eigenvalue weighted by molar-refractivity contribution is -0.137. The minimum absolute atomic E-state index is 0.176. The Bertz CT molecular complexity index is 3110. The van der Waals surface area contributed by atoms with Crippen LogP contribution in [0.4, 0.5) is 5.69 Å². The molecule has 18 heteroatoms. The number of piperidine rings is 2. The van der Waals surface area contributed by atoms with Gasteiger partial charge in [-0.15, -0.1) is 0 Å². The van der Waals surface area contributed by atoms with Gasteiger partial charge in [0.25, 0.3) is 17.0 Å². The lowest BCUT2D eigenvalue weighted by Crippen LogP contribution is -2.57. The number of piperazine rings is 1. The number of rotatable bonds is 13. The average Bonchev–Trinajstić information content (AvgIpc) is 3.37. The van der Waals surface area contributed by atoms with E-state index in [0.29, 0.717) is 72.0 Å². The predicted molar refractivity (Wildman–Crippen MR) is 261 cm³/mol. The van der Waals surface area contributed by atoms with Crippen LogP contribution in [0.25, 0.3) is 33.4 Å². The molecule has 18 nitrogen and oxygen atoms in total. The van der Waals surface area contributed by atoms with Crippen molar-refractivity contribution in [3.63, 3.8) is 0 Å². The number of aryl methyl sites for hydroxylation is 1. The fourth-order valence-corrected chi connectivity index (χ4v) is 10.0. The Morgan fingerprint density at radius 2 is 1.57 bits per heavy atom. The Morgan fingerprint density at radius 3 is 2.34 bits per heavy atom. The van der Waals surface area contributed by atoms with Gasteiger partial charge in [0.15, 0.2) is 11.6 Å². The van der Waals surface area contributed by atoms with E-state index in [1.807, 2.05) is 60.4 Å². The largest absolute Gasteiger partial charge is 0.490 e. The third-order valence-electron chi connectivity index (χ3n) is 14.0. The molecule has 0 radical (unpaired) electrons. The van der Waals surface area contributed by atoms with Crippen molar-refractivity contribution in [2.24, 2.45) is 11.8 Å². The van der Waals surface area contributed by atoms with Crippen LogP contribution in [-0.2, 0) is 20.9 Å². The number of likely N-dealkylation sites (tertiary alicyclic amines) is 2. The maximum Gasteiger partial charge on any atom is 0.275 e. The monoisotopic (exact) mass is 942 g/mol. The molecule has 1 N–H and O–H groups in total. The van der Waals surface area contributed by atoms with Crippen LogP contribution < -0.4 is 26.1 Å². The molecule has 0 saturated carbocycles. The van der Waals surface area contributed by atoms with Gasteiger partial charge in [-0.1, -0.05) is 30.3 Å². The van der Waals surface area contributed by atoms with Gasteiger partial charge < -0.3 is 14.5 Å². The van der Waals surface area contributed by atoms with Gasteiger partial charge in [0.2, 0.25) is 11.8 Å². The molecule has 0 bridgehead atoms. The van der Waals surface area contributed by atoms with Gasteiger partial charge in [0, 0.05) is 93.6 Å². The van der Waals surface area contributed by atoms with E-state index in [-0.39, 0.29) is 42.3 Å². The first kappa shape index (κ1) is 46.1. The highest BCUT2D eigenvalue weighted by Gasteiger charge is 2.34. The van der Waals surface area contributed by atoms with Crippen molar-refractivity contribution in [2.75, 3.05) is 77.0 Å². The minimum atomic E-state index is -0.796. The van der Waals surface area contributed by atoms with Gasteiger partial charge in [-0.05, 0) is 86.1 Å². The Labute approximate surface area is 404 Å². The van der Waals surface area contributed by atoms with Crippen molar-refractivity contribution in [1.82, 2.24) is 49.5 Å². The van der Waals surface area contributed by atoms with Crippen LogP contribution in [-0.4, -0.2) is 134 Å². The van der Waals surface area contributed by atoms with E-state index in [9.17, 15) is 29.2 Å². The van der Waals surface area contributed by atoms with E-state index in [1.165, 1.54) is 15.4 Å². The predicted octanol–water partition coefficient (Wildman–Crippen LogP) is 3.65. The first-order valence-electron chi connectivity index (χ1n) is 24.0. The molecular weight excluding hydrogens is 889 g/mol. The number of nitrogens with zero attached hydrogens (tertiary/aromatic N) is 11. The smallest absolute Gasteiger partial charge is 0.275 e. The van der Waals surface area contributed by atoms with Gasteiger partial charge in [0.1, 0.15) is 6.04 Å². The number of anilines is 1. The number of amides is 3. The fourth-order valence-electron chi connectivity index (χ4n) is 10.0. The van der Waals surface area contributed by atoms with Crippen LogP contribution in [0.15, 0.2) is 101 Å². The molecule has 10 rings (SSSR count).